The van der Waals surface area contributed by atoms with E-state index in [0.29, 0.717) is 0 Å². The number of nitrogens with two attached hydrogens (primary N) is 1. The predicted octanol–water partition coefficient (Wildman–Crippen LogP) is 3.36. The van der Waals surface area contributed by atoms with Gasteiger partial charge in [-0.25, -0.2) is 4.98 Å². The van der Waals surface area contributed by atoms with E-state index in [0.717, 1.165) is 31.7 Å². The second kappa shape index (κ2) is 5.86. The standard InChI is InChI=1S/C18H23N3/c1-3-17(19)16-11-20-18(10-13(16)2)21-9-8-14-6-4-5-7-15(14)12-21/h4-7,10-11,17H,3,8-9,12,19H2,1-2H3/t17-/m0/s1. The molecule has 0 radical (unpaired) electrons. The van der Waals surface area contributed by atoms with Crippen LogP contribution in [-0.4, -0.2) is 11.5 Å². The SMILES string of the molecule is CC[C@H](N)c1cnc(N2CCc3ccccc3C2)cc1C. The normalized spacial score (nSPS) is 15.7. The van der Waals surface area contributed by atoms with Crippen LogP contribution in [0.25, 0.3) is 0 Å². The zero-order valence-electron chi connectivity index (χ0n) is 12.8. The first-order valence-electron chi connectivity index (χ1n) is 7.73. The van der Waals surface area contributed by atoms with E-state index >= 15 is 0 Å². The molecule has 2 heterocycles. The third-order valence-electron chi connectivity index (χ3n) is 4.43. The summed E-state index contributed by atoms with van der Waals surface area (Å²) < 4.78 is 0. The van der Waals surface area contributed by atoms with Gasteiger partial charge in [0, 0.05) is 25.3 Å². The van der Waals surface area contributed by atoms with Crippen molar-refractivity contribution in [1.82, 2.24) is 4.98 Å². The van der Waals surface area contributed by atoms with Crippen molar-refractivity contribution in [2.24, 2.45) is 5.73 Å². The number of rotatable bonds is 3. The number of aryl methyl sites for hydroxylation is 1. The molecule has 0 spiro atoms. The van der Waals surface area contributed by atoms with Gasteiger partial charge < -0.3 is 10.6 Å². The molecule has 1 aliphatic rings. The molecule has 3 nitrogen and oxygen atoms in total. The molecule has 0 aliphatic carbocycles. The van der Waals surface area contributed by atoms with E-state index in [2.05, 4.69) is 54.1 Å². The van der Waals surface area contributed by atoms with E-state index in [1.54, 1.807) is 0 Å². The lowest BCUT2D eigenvalue weighted by Crippen LogP contribution is -2.31. The summed E-state index contributed by atoms with van der Waals surface area (Å²) in [5, 5.41) is 0. The topological polar surface area (TPSA) is 42.1 Å². The molecule has 2 N–H and O–H groups in total. The summed E-state index contributed by atoms with van der Waals surface area (Å²) in [4.78, 5) is 7.01. The maximum atomic E-state index is 6.13. The molecule has 0 amide bonds. The maximum Gasteiger partial charge on any atom is 0.129 e. The highest BCUT2D eigenvalue weighted by atomic mass is 15.2. The molecular weight excluding hydrogens is 258 g/mol. The van der Waals surface area contributed by atoms with E-state index in [-0.39, 0.29) is 6.04 Å². The highest BCUT2D eigenvalue weighted by molar-refractivity contribution is 5.47. The first-order valence-corrected chi connectivity index (χ1v) is 7.73. The second-order valence-corrected chi connectivity index (χ2v) is 5.85. The molecule has 1 aromatic heterocycles. The van der Waals surface area contributed by atoms with Gasteiger partial charge in [-0.2, -0.15) is 0 Å². The minimum Gasteiger partial charge on any atom is -0.352 e. The second-order valence-electron chi connectivity index (χ2n) is 5.85. The molecule has 0 unspecified atom stereocenters. The van der Waals surface area contributed by atoms with Crippen LogP contribution in [-0.2, 0) is 13.0 Å². The number of fused-ring (bicyclic) bond motifs is 1. The zero-order chi connectivity index (χ0) is 14.8. The molecule has 1 aliphatic heterocycles. The van der Waals surface area contributed by atoms with Crippen LogP contribution in [0, 0.1) is 6.92 Å². The van der Waals surface area contributed by atoms with Crippen molar-refractivity contribution in [3.63, 3.8) is 0 Å². The van der Waals surface area contributed by atoms with Gasteiger partial charge in [0.15, 0.2) is 0 Å². The van der Waals surface area contributed by atoms with Gasteiger partial charge in [-0.1, -0.05) is 31.2 Å². The molecule has 3 heteroatoms. The molecule has 110 valence electrons. The number of pyridine rings is 1. The molecule has 0 fully saturated rings. The van der Waals surface area contributed by atoms with Crippen molar-refractivity contribution < 1.29 is 0 Å². The van der Waals surface area contributed by atoms with Crippen LogP contribution in [0.1, 0.15) is 41.6 Å². The fraction of sp³-hybridized carbons (Fsp3) is 0.389. The van der Waals surface area contributed by atoms with Gasteiger partial charge >= 0.3 is 0 Å². The van der Waals surface area contributed by atoms with Gasteiger partial charge in [0.1, 0.15) is 5.82 Å². The summed E-state index contributed by atoms with van der Waals surface area (Å²) in [7, 11) is 0. The molecular formula is C18H23N3. The lowest BCUT2D eigenvalue weighted by atomic mass is 9.99. The fourth-order valence-corrected chi connectivity index (χ4v) is 3.02. The Morgan fingerprint density at radius 3 is 2.76 bits per heavy atom. The highest BCUT2D eigenvalue weighted by Crippen LogP contribution is 2.26. The Bertz CT molecular complexity index is 636. The Hall–Kier alpha value is -1.87. The van der Waals surface area contributed by atoms with Crippen molar-refractivity contribution in [2.45, 2.75) is 39.3 Å². The van der Waals surface area contributed by atoms with Crippen LogP contribution in [0.15, 0.2) is 36.5 Å². The van der Waals surface area contributed by atoms with Crippen molar-refractivity contribution >= 4 is 5.82 Å². The Labute approximate surface area is 126 Å². The number of benzene rings is 1. The van der Waals surface area contributed by atoms with Crippen molar-refractivity contribution in [3.8, 4) is 0 Å². The smallest absolute Gasteiger partial charge is 0.129 e. The average molecular weight is 281 g/mol. The minimum atomic E-state index is 0.0913. The van der Waals surface area contributed by atoms with Crippen LogP contribution >= 0.6 is 0 Å². The molecule has 0 bridgehead atoms. The maximum absolute atomic E-state index is 6.13. The predicted molar refractivity (Wildman–Crippen MR) is 87.4 cm³/mol. The van der Waals surface area contributed by atoms with E-state index in [1.165, 1.54) is 22.3 Å². The summed E-state index contributed by atoms with van der Waals surface area (Å²) >= 11 is 0. The zero-order valence-corrected chi connectivity index (χ0v) is 12.8. The third-order valence-corrected chi connectivity index (χ3v) is 4.43. The van der Waals surface area contributed by atoms with E-state index < -0.39 is 0 Å². The van der Waals surface area contributed by atoms with E-state index in [4.69, 9.17) is 5.73 Å². The summed E-state index contributed by atoms with van der Waals surface area (Å²) in [6.07, 6.45) is 3.99. The van der Waals surface area contributed by atoms with Gasteiger partial charge in [0.05, 0.1) is 0 Å². The third kappa shape index (κ3) is 2.79. The molecule has 1 atom stereocenters. The van der Waals surface area contributed by atoms with E-state index in [1.807, 2.05) is 6.20 Å². The monoisotopic (exact) mass is 281 g/mol. The molecule has 0 saturated carbocycles. The summed E-state index contributed by atoms with van der Waals surface area (Å²) in [6.45, 7) is 6.22. The van der Waals surface area contributed by atoms with Gasteiger partial charge in [-0.3, -0.25) is 0 Å². The van der Waals surface area contributed by atoms with Gasteiger partial charge in [-0.15, -0.1) is 0 Å². The van der Waals surface area contributed by atoms with Crippen molar-refractivity contribution in [3.05, 3.63) is 58.8 Å². The Balaban J connectivity index is 1.84. The lowest BCUT2D eigenvalue weighted by Gasteiger charge is -2.30. The van der Waals surface area contributed by atoms with Crippen LogP contribution in [0.4, 0.5) is 5.82 Å². The quantitative estimate of drug-likeness (QED) is 0.938. The first kappa shape index (κ1) is 14.1. The number of hydrogen-bond acceptors (Lipinski definition) is 3. The number of nitrogens with zero attached hydrogens (tertiary/aromatic N) is 2. The van der Waals surface area contributed by atoms with Crippen LogP contribution in [0.5, 0.6) is 0 Å². The first-order chi connectivity index (χ1) is 10.2. The Morgan fingerprint density at radius 1 is 1.29 bits per heavy atom. The van der Waals surface area contributed by atoms with Crippen LogP contribution in [0.2, 0.25) is 0 Å². The molecule has 3 rings (SSSR count). The number of aromatic nitrogens is 1. The number of anilines is 1. The van der Waals surface area contributed by atoms with E-state index in [9.17, 15) is 0 Å². The van der Waals surface area contributed by atoms with Crippen molar-refractivity contribution in [1.29, 1.82) is 0 Å². The molecule has 0 saturated heterocycles. The average Bonchev–Trinajstić information content (AvgIpc) is 2.53. The van der Waals surface area contributed by atoms with Crippen molar-refractivity contribution in [2.75, 3.05) is 11.4 Å². The molecule has 1 aromatic carbocycles. The summed E-state index contributed by atoms with van der Waals surface area (Å²) in [6, 6.07) is 11.0. The summed E-state index contributed by atoms with van der Waals surface area (Å²) in [5.74, 6) is 1.06. The largest absolute Gasteiger partial charge is 0.352 e. The van der Waals surface area contributed by atoms with Gasteiger partial charge in [0.25, 0.3) is 0 Å². The van der Waals surface area contributed by atoms with Gasteiger partial charge in [-0.05, 0) is 48.1 Å². The molecule has 21 heavy (non-hydrogen) atoms. The minimum absolute atomic E-state index is 0.0913. The van der Waals surface area contributed by atoms with Crippen LogP contribution < -0.4 is 10.6 Å². The van der Waals surface area contributed by atoms with Crippen LogP contribution in [0.3, 0.4) is 0 Å². The number of hydrogen-bond donors (Lipinski definition) is 1. The van der Waals surface area contributed by atoms with Gasteiger partial charge in [0.2, 0.25) is 0 Å². The Morgan fingerprint density at radius 2 is 2.05 bits per heavy atom. The molecule has 2 aromatic rings. The Kier molecular flexibility index (Phi) is 3.93. The fourth-order valence-electron chi connectivity index (χ4n) is 3.02. The highest BCUT2D eigenvalue weighted by Gasteiger charge is 2.18. The lowest BCUT2D eigenvalue weighted by molar-refractivity contribution is 0.684. The summed E-state index contributed by atoms with van der Waals surface area (Å²) in [5.41, 5.74) is 11.4.